The monoisotopic (exact) mass is 840 g/mol. The molecule has 8 bridgehead atoms. The summed E-state index contributed by atoms with van der Waals surface area (Å²) in [6.07, 6.45) is 0. The van der Waals surface area contributed by atoms with E-state index < -0.39 is 23.9 Å². The molecule has 0 fully saturated rings. The van der Waals surface area contributed by atoms with E-state index in [1.54, 1.807) is 27.7 Å². The van der Waals surface area contributed by atoms with Crippen LogP contribution in [-0.4, -0.2) is 76.7 Å². The summed E-state index contributed by atoms with van der Waals surface area (Å²) in [6.45, 7) is 6.21. The summed E-state index contributed by atoms with van der Waals surface area (Å²) in [5, 5.41) is 0. The quantitative estimate of drug-likeness (QED) is 0.0693. The van der Waals surface area contributed by atoms with Crippen LogP contribution in [0.2, 0.25) is 0 Å². The fraction of sp³-hybridized carbons (Fsp3) is 0.300. The van der Waals surface area contributed by atoms with Crippen molar-refractivity contribution in [1.29, 1.82) is 0 Å². The lowest BCUT2D eigenvalue weighted by molar-refractivity contribution is -0.146. The zero-order chi connectivity index (χ0) is 39.9. The van der Waals surface area contributed by atoms with Crippen LogP contribution in [0, 0.1) is 0 Å². The highest BCUT2D eigenvalue weighted by Gasteiger charge is 2.25. The molecule has 0 atom stereocenters. The molecule has 5 rings (SSSR count). The van der Waals surface area contributed by atoms with Gasteiger partial charge >= 0.3 is 23.9 Å². The summed E-state index contributed by atoms with van der Waals surface area (Å²) in [5.41, 5.74) is 0. The second-order valence-electron chi connectivity index (χ2n) is 11.1. The maximum atomic E-state index is 12.6. The van der Waals surface area contributed by atoms with Crippen LogP contribution in [0.1, 0.15) is 27.7 Å². The molecule has 0 aromatic heterocycles. The number of ether oxygens (including phenoxy) is 8. The molecule has 0 N–H and O–H groups in total. The van der Waals surface area contributed by atoms with Gasteiger partial charge in [-0.25, -0.2) is 19.2 Å². The predicted octanol–water partition coefficient (Wildman–Crippen LogP) is 8.37. The average Bonchev–Trinajstić information content (AvgIpc) is 3.17. The molecule has 1 aliphatic heterocycles. The maximum absolute atomic E-state index is 12.6. The van der Waals surface area contributed by atoms with Crippen LogP contribution in [0.5, 0.6) is 23.0 Å². The first-order chi connectivity index (χ1) is 27.2. The van der Waals surface area contributed by atoms with Crippen LogP contribution in [-0.2, 0) is 38.1 Å². The second-order valence-corrected chi connectivity index (χ2v) is 15.5. The topological polar surface area (TPSA) is 142 Å². The van der Waals surface area contributed by atoms with Crippen LogP contribution in [0.4, 0.5) is 0 Å². The highest BCUT2D eigenvalue weighted by molar-refractivity contribution is 8.01. The molecule has 1 heterocycles. The molecule has 296 valence electrons. The van der Waals surface area contributed by atoms with Gasteiger partial charge in [-0.1, -0.05) is 71.3 Å². The van der Waals surface area contributed by atoms with Gasteiger partial charge in [0.1, 0.15) is 23.0 Å². The SMILES string of the molecule is CCOC(=O)COc1c2cccc1Sc1cccc(c1OCC(=O)OCC)Sc1cccc(c1OCC(=O)OCC)Sc1cccc(c1OCC(=O)OCC)S2. The Morgan fingerprint density at radius 2 is 0.536 bits per heavy atom. The van der Waals surface area contributed by atoms with Gasteiger partial charge in [-0.3, -0.25) is 0 Å². The van der Waals surface area contributed by atoms with Crippen LogP contribution in [0.3, 0.4) is 0 Å². The molecular formula is C40H40O12S4. The molecule has 0 aliphatic carbocycles. The molecule has 0 spiro atoms. The zero-order valence-corrected chi connectivity index (χ0v) is 34.4. The zero-order valence-electron chi connectivity index (χ0n) is 31.1. The fourth-order valence-corrected chi connectivity index (χ4v) is 9.48. The molecule has 0 saturated heterocycles. The number of para-hydroxylation sites is 4. The number of fused-ring (bicyclic) bond motifs is 8. The standard InChI is InChI=1S/C40H40O12S4/c1-5-45-33(41)21-49-37-25-13-9-14-26(37)54-28-16-11-18-30(39(28)51-23-35(43)47-7-3)56-32-20-12-19-31(40(32)52-24-36(44)48-8-4)55-29-17-10-15-27(53-25)38(29)50-22-34(42)46-6-2/h9-20H,5-8,21-24H2,1-4H3. The molecule has 0 radical (unpaired) electrons. The van der Waals surface area contributed by atoms with Crippen molar-refractivity contribution >= 4 is 70.9 Å². The fourth-order valence-electron chi connectivity index (χ4n) is 5.00. The number of hydrogen-bond acceptors (Lipinski definition) is 16. The lowest BCUT2D eigenvalue weighted by atomic mass is 10.3. The Morgan fingerprint density at radius 3 is 0.696 bits per heavy atom. The van der Waals surface area contributed by atoms with Gasteiger partial charge in [0, 0.05) is 0 Å². The Hall–Kier alpha value is -4.64. The molecule has 4 aromatic rings. The summed E-state index contributed by atoms with van der Waals surface area (Å²) in [7, 11) is 0. The third kappa shape index (κ3) is 11.7. The Balaban J connectivity index is 1.72. The summed E-state index contributed by atoms with van der Waals surface area (Å²) in [6, 6.07) is 22.2. The van der Waals surface area contributed by atoms with Gasteiger partial charge < -0.3 is 37.9 Å². The highest BCUT2D eigenvalue weighted by atomic mass is 32.2. The van der Waals surface area contributed by atoms with Crippen LogP contribution < -0.4 is 18.9 Å². The van der Waals surface area contributed by atoms with Crippen molar-refractivity contribution in [3.63, 3.8) is 0 Å². The van der Waals surface area contributed by atoms with Crippen LogP contribution in [0.25, 0.3) is 0 Å². The predicted molar refractivity (Wildman–Crippen MR) is 211 cm³/mol. The lowest BCUT2D eigenvalue weighted by Gasteiger charge is -2.21. The molecule has 56 heavy (non-hydrogen) atoms. The summed E-state index contributed by atoms with van der Waals surface area (Å²) in [4.78, 5) is 55.3. The number of hydrogen-bond donors (Lipinski definition) is 0. The number of carbonyl (C=O) groups is 4. The first kappa shape index (κ1) is 42.5. The van der Waals surface area contributed by atoms with E-state index in [1.165, 1.54) is 47.0 Å². The van der Waals surface area contributed by atoms with Gasteiger partial charge in [0.2, 0.25) is 0 Å². The van der Waals surface area contributed by atoms with Gasteiger partial charge in [0.25, 0.3) is 0 Å². The number of rotatable bonds is 16. The normalized spacial score (nSPS) is 11.8. The molecule has 1 aliphatic rings. The Bertz CT molecular complexity index is 1650. The largest absolute Gasteiger partial charge is 0.480 e. The number of carbonyl (C=O) groups excluding carboxylic acids is 4. The van der Waals surface area contributed by atoms with E-state index in [-0.39, 0.29) is 52.9 Å². The van der Waals surface area contributed by atoms with E-state index in [4.69, 9.17) is 37.9 Å². The van der Waals surface area contributed by atoms with Gasteiger partial charge in [-0.2, -0.15) is 0 Å². The summed E-state index contributed by atoms with van der Waals surface area (Å²) >= 11 is 5.25. The summed E-state index contributed by atoms with van der Waals surface area (Å²) in [5.74, 6) is -0.583. The smallest absolute Gasteiger partial charge is 0.344 e. The van der Waals surface area contributed by atoms with E-state index in [0.29, 0.717) is 62.2 Å². The molecular weight excluding hydrogens is 801 g/mol. The summed E-state index contributed by atoms with van der Waals surface area (Å²) < 4.78 is 45.5. The van der Waals surface area contributed by atoms with Crippen molar-refractivity contribution in [2.24, 2.45) is 0 Å². The highest BCUT2D eigenvalue weighted by Crippen LogP contribution is 2.53. The molecule has 0 unspecified atom stereocenters. The lowest BCUT2D eigenvalue weighted by Crippen LogP contribution is -2.16. The molecule has 0 saturated carbocycles. The molecule has 4 aromatic carbocycles. The molecule has 16 heteroatoms. The first-order valence-electron chi connectivity index (χ1n) is 17.6. The van der Waals surface area contributed by atoms with E-state index in [1.807, 2.05) is 72.8 Å². The molecule has 0 amide bonds. The van der Waals surface area contributed by atoms with Gasteiger partial charge in [-0.05, 0) is 76.2 Å². The minimum absolute atomic E-state index is 0.190. The third-order valence-electron chi connectivity index (χ3n) is 7.21. The second kappa shape index (κ2) is 21.6. The van der Waals surface area contributed by atoms with Crippen molar-refractivity contribution in [1.82, 2.24) is 0 Å². The number of benzene rings is 4. The Morgan fingerprint density at radius 1 is 0.357 bits per heavy atom. The van der Waals surface area contributed by atoms with Gasteiger partial charge in [0.05, 0.1) is 65.6 Å². The van der Waals surface area contributed by atoms with Gasteiger partial charge in [0.15, 0.2) is 26.4 Å². The van der Waals surface area contributed by atoms with E-state index >= 15 is 0 Å². The van der Waals surface area contributed by atoms with Crippen molar-refractivity contribution in [2.45, 2.75) is 66.9 Å². The van der Waals surface area contributed by atoms with Crippen molar-refractivity contribution in [3.05, 3.63) is 72.8 Å². The minimum Gasteiger partial charge on any atom is -0.480 e. The Labute approximate surface area is 341 Å². The van der Waals surface area contributed by atoms with E-state index in [2.05, 4.69) is 0 Å². The van der Waals surface area contributed by atoms with Crippen molar-refractivity contribution in [3.8, 4) is 23.0 Å². The van der Waals surface area contributed by atoms with Crippen molar-refractivity contribution < 1.29 is 57.1 Å². The average molecular weight is 841 g/mol. The number of esters is 4. The molecule has 12 nitrogen and oxygen atoms in total. The third-order valence-corrected chi connectivity index (χ3v) is 11.5. The van der Waals surface area contributed by atoms with E-state index in [9.17, 15) is 19.2 Å². The van der Waals surface area contributed by atoms with Crippen molar-refractivity contribution in [2.75, 3.05) is 52.9 Å². The van der Waals surface area contributed by atoms with E-state index in [0.717, 1.165) is 0 Å². The minimum atomic E-state index is -0.541. The van der Waals surface area contributed by atoms with Crippen LogP contribution >= 0.6 is 47.0 Å². The van der Waals surface area contributed by atoms with Gasteiger partial charge in [-0.15, -0.1) is 0 Å². The Kier molecular flexibility index (Phi) is 16.4. The first-order valence-corrected chi connectivity index (χ1v) is 20.9. The maximum Gasteiger partial charge on any atom is 0.344 e. The van der Waals surface area contributed by atoms with Crippen LogP contribution in [0.15, 0.2) is 112 Å².